The van der Waals surface area contributed by atoms with Crippen molar-refractivity contribution in [3.8, 4) is 0 Å². The van der Waals surface area contributed by atoms with Crippen molar-refractivity contribution in [3.63, 3.8) is 0 Å². The number of hydrogen-bond acceptors (Lipinski definition) is 1. The van der Waals surface area contributed by atoms with Gasteiger partial charge < -0.3 is 5.73 Å². The molecule has 0 aliphatic carbocycles. The number of nitrogens with two attached hydrogens (primary N) is 1. The molecule has 0 aliphatic rings. The molecule has 2 aromatic rings. The van der Waals surface area contributed by atoms with Crippen LogP contribution in [0.5, 0.6) is 0 Å². The third-order valence-electron chi connectivity index (χ3n) is 2.52. The Bertz CT molecular complexity index is 543. The Kier molecular flexibility index (Phi) is 3.67. The zero-order chi connectivity index (χ0) is 12.4. The zero-order valence-corrected chi connectivity index (χ0v) is 10.3. The van der Waals surface area contributed by atoms with Gasteiger partial charge in [-0.2, -0.15) is 0 Å². The molecular weight excluding hydrogens is 260 g/mol. The Morgan fingerprint density at radius 3 is 2.47 bits per heavy atom. The van der Waals surface area contributed by atoms with Crippen LogP contribution in [0.25, 0.3) is 0 Å². The molecule has 0 aliphatic heterocycles. The summed E-state index contributed by atoms with van der Waals surface area (Å²) in [6.45, 7) is 0. The van der Waals surface area contributed by atoms with E-state index in [0.29, 0.717) is 10.6 Å². The molecule has 0 radical (unpaired) electrons. The molecule has 2 rings (SSSR count). The summed E-state index contributed by atoms with van der Waals surface area (Å²) in [5.41, 5.74) is 7.39. The van der Waals surface area contributed by atoms with Gasteiger partial charge in [-0.25, -0.2) is 4.39 Å². The molecule has 0 saturated heterocycles. The van der Waals surface area contributed by atoms with Crippen molar-refractivity contribution in [2.45, 2.75) is 6.04 Å². The second-order valence-electron chi connectivity index (χ2n) is 3.68. The minimum atomic E-state index is -0.489. The lowest BCUT2D eigenvalue weighted by Gasteiger charge is -2.14. The van der Waals surface area contributed by atoms with Crippen molar-refractivity contribution in [1.29, 1.82) is 0 Å². The third-order valence-corrected chi connectivity index (χ3v) is 3.16. The molecule has 2 aromatic carbocycles. The SMILES string of the molecule is NC(c1cccc(Cl)c1)c1cccc(F)c1Cl. The second-order valence-corrected chi connectivity index (χ2v) is 4.49. The van der Waals surface area contributed by atoms with Crippen molar-refractivity contribution in [2.75, 3.05) is 0 Å². The largest absolute Gasteiger partial charge is 0.320 e. The van der Waals surface area contributed by atoms with E-state index in [0.717, 1.165) is 5.56 Å². The van der Waals surface area contributed by atoms with Crippen LogP contribution in [0.15, 0.2) is 42.5 Å². The lowest BCUT2D eigenvalue weighted by molar-refractivity contribution is 0.624. The van der Waals surface area contributed by atoms with Crippen molar-refractivity contribution in [2.24, 2.45) is 5.73 Å². The van der Waals surface area contributed by atoms with E-state index in [4.69, 9.17) is 28.9 Å². The zero-order valence-electron chi connectivity index (χ0n) is 8.83. The molecule has 1 unspecified atom stereocenters. The second kappa shape index (κ2) is 5.05. The average molecular weight is 270 g/mol. The summed E-state index contributed by atoms with van der Waals surface area (Å²) in [6, 6.07) is 11.2. The van der Waals surface area contributed by atoms with Crippen molar-refractivity contribution >= 4 is 23.2 Å². The average Bonchev–Trinajstić information content (AvgIpc) is 2.32. The van der Waals surface area contributed by atoms with E-state index in [2.05, 4.69) is 0 Å². The van der Waals surface area contributed by atoms with Crippen LogP contribution in [0.1, 0.15) is 17.2 Å². The number of halogens is 3. The summed E-state index contributed by atoms with van der Waals surface area (Å²) in [6.07, 6.45) is 0. The summed E-state index contributed by atoms with van der Waals surface area (Å²) in [5, 5.41) is 0.644. The van der Waals surface area contributed by atoms with Crippen LogP contribution in [-0.2, 0) is 0 Å². The first-order valence-corrected chi connectivity index (χ1v) is 5.80. The Morgan fingerprint density at radius 2 is 1.76 bits per heavy atom. The van der Waals surface area contributed by atoms with E-state index >= 15 is 0 Å². The monoisotopic (exact) mass is 269 g/mol. The number of hydrogen-bond donors (Lipinski definition) is 1. The van der Waals surface area contributed by atoms with E-state index in [1.54, 1.807) is 30.3 Å². The molecule has 0 aromatic heterocycles. The smallest absolute Gasteiger partial charge is 0.142 e. The van der Waals surface area contributed by atoms with Crippen LogP contribution in [-0.4, -0.2) is 0 Å². The van der Waals surface area contributed by atoms with E-state index in [1.165, 1.54) is 6.07 Å². The normalized spacial score (nSPS) is 12.5. The van der Waals surface area contributed by atoms with Gasteiger partial charge in [0.15, 0.2) is 0 Å². The molecule has 0 saturated carbocycles. The van der Waals surface area contributed by atoms with Crippen LogP contribution in [0.4, 0.5) is 4.39 Å². The van der Waals surface area contributed by atoms with Crippen LogP contribution in [0.3, 0.4) is 0 Å². The minimum Gasteiger partial charge on any atom is -0.320 e. The Hall–Kier alpha value is -1.09. The van der Waals surface area contributed by atoms with Gasteiger partial charge in [0, 0.05) is 5.02 Å². The molecule has 1 nitrogen and oxygen atoms in total. The van der Waals surface area contributed by atoms with Crippen LogP contribution in [0.2, 0.25) is 10.0 Å². The van der Waals surface area contributed by atoms with Gasteiger partial charge in [-0.1, -0.05) is 47.5 Å². The van der Waals surface area contributed by atoms with E-state index in [1.807, 2.05) is 6.07 Å². The minimum absolute atomic E-state index is 0.0555. The molecule has 0 heterocycles. The molecular formula is C13H10Cl2FN. The molecule has 1 atom stereocenters. The molecule has 4 heteroatoms. The highest BCUT2D eigenvalue weighted by atomic mass is 35.5. The van der Waals surface area contributed by atoms with E-state index in [9.17, 15) is 4.39 Å². The van der Waals surface area contributed by atoms with E-state index in [-0.39, 0.29) is 5.02 Å². The van der Waals surface area contributed by atoms with Gasteiger partial charge in [-0.3, -0.25) is 0 Å². The topological polar surface area (TPSA) is 26.0 Å². The summed E-state index contributed by atoms with van der Waals surface area (Å²) in [5.74, 6) is -0.471. The lowest BCUT2D eigenvalue weighted by Crippen LogP contribution is -2.12. The van der Waals surface area contributed by atoms with Crippen molar-refractivity contribution < 1.29 is 4.39 Å². The maximum absolute atomic E-state index is 13.3. The molecule has 0 bridgehead atoms. The van der Waals surface area contributed by atoms with Crippen LogP contribution < -0.4 is 5.73 Å². The standard InChI is InChI=1S/C13H10Cl2FN/c14-9-4-1-3-8(7-9)13(17)10-5-2-6-11(16)12(10)15/h1-7,13H,17H2. The van der Waals surface area contributed by atoms with Gasteiger partial charge in [0.25, 0.3) is 0 Å². The van der Waals surface area contributed by atoms with Crippen molar-refractivity contribution in [1.82, 2.24) is 0 Å². The number of rotatable bonds is 2. The van der Waals surface area contributed by atoms with E-state index < -0.39 is 11.9 Å². The molecule has 0 fully saturated rings. The van der Waals surface area contributed by atoms with Gasteiger partial charge in [-0.05, 0) is 29.3 Å². The fraction of sp³-hybridized carbons (Fsp3) is 0.0769. The molecule has 2 N–H and O–H groups in total. The van der Waals surface area contributed by atoms with Gasteiger partial charge in [0.1, 0.15) is 5.82 Å². The molecule has 17 heavy (non-hydrogen) atoms. The summed E-state index contributed by atoms with van der Waals surface area (Å²) >= 11 is 11.8. The Morgan fingerprint density at radius 1 is 1.06 bits per heavy atom. The van der Waals surface area contributed by atoms with Gasteiger partial charge in [-0.15, -0.1) is 0 Å². The third kappa shape index (κ3) is 2.60. The highest BCUT2D eigenvalue weighted by Gasteiger charge is 2.14. The fourth-order valence-corrected chi connectivity index (χ4v) is 2.08. The maximum atomic E-state index is 13.3. The molecule has 88 valence electrons. The first-order valence-electron chi connectivity index (χ1n) is 5.04. The molecule has 0 spiro atoms. The highest BCUT2D eigenvalue weighted by Crippen LogP contribution is 2.29. The summed E-state index contributed by atoms with van der Waals surface area (Å²) in [7, 11) is 0. The fourth-order valence-electron chi connectivity index (χ4n) is 1.64. The maximum Gasteiger partial charge on any atom is 0.142 e. The first-order chi connectivity index (χ1) is 8.09. The van der Waals surface area contributed by atoms with Gasteiger partial charge in [0.2, 0.25) is 0 Å². The van der Waals surface area contributed by atoms with Crippen LogP contribution >= 0.6 is 23.2 Å². The van der Waals surface area contributed by atoms with Crippen molar-refractivity contribution in [3.05, 3.63) is 69.5 Å². The summed E-state index contributed by atoms with van der Waals surface area (Å²) < 4.78 is 13.3. The first kappa shape index (κ1) is 12.4. The van der Waals surface area contributed by atoms with Gasteiger partial charge >= 0.3 is 0 Å². The van der Waals surface area contributed by atoms with Crippen LogP contribution in [0, 0.1) is 5.82 Å². The number of benzene rings is 2. The highest BCUT2D eigenvalue weighted by molar-refractivity contribution is 6.31. The Labute approximate surface area is 109 Å². The quantitative estimate of drug-likeness (QED) is 0.870. The van der Waals surface area contributed by atoms with Gasteiger partial charge in [0.05, 0.1) is 11.1 Å². The lowest BCUT2D eigenvalue weighted by atomic mass is 9.99. The summed E-state index contributed by atoms with van der Waals surface area (Å²) in [4.78, 5) is 0. The Balaban J connectivity index is 2.44. The predicted molar refractivity (Wildman–Crippen MR) is 68.9 cm³/mol. The molecule has 0 amide bonds. The predicted octanol–water partition coefficient (Wildman–Crippen LogP) is 4.18.